The first-order valence-corrected chi connectivity index (χ1v) is 14.0. The summed E-state index contributed by atoms with van der Waals surface area (Å²) in [7, 11) is -2.77. The van der Waals surface area contributed by atoms with Crippen LogP contribution in [0.25, 0.3) is 0 Å². The Morgan fingerprint density at radius 3 is 2.26 bits per heavy atom. The third-order valence-electron chi connectivity index (χ3n) is 5.82. The Morgan fingerprint density at radius 2 is 1.63 bits per heavy atom. The van der Waals surface area contributed by atoms with E-state index in [1.54, 1.807) is 74.5 Å². The van der Waals surface area contributed by atoms with Gasteiger partial charge in [-0.05, 0) is 55.8 Å². The average molecular weight is 579 g/mol. The number of amides is 2. The molecule has 3 aromatic rings. The number of anilines is 1. The molecule has 38 heavy (non-hydrogen) atoms. The lowest BCUT2D eigenvalue weighted by molar-refractivity contribution is -0.139. The van der Waals surface area contributed by atoms with Crippen LogP contribution in [0, 0.1) is 0 Å². The van der Waals surface area contributed by atoms with Crippen molar-refractivity contribution in [3.8, 4) is 5.75 Å². The van der Waals surface area contributed by atoms with Gasteiger partial charge in [-0.25, -0.2) is 8.42 Å². The molecular weight excluding hydrogens is 549 g/mol. The molecular formula is C27H29Cl2N3O5S. The van der Waals surface area contributed by atoms with E-state index in [4.69, 9.17) is 27.9 Å². The van der Waals surface area contributed by atoms with Crippen LogP contribution in [0.3, 0.4) is 0 Å². The second-order valence-corrected chi connectivity index (χ2v) is 11.0. The van der Waals surface area contributed by atoms with Crippen LogP contribution in [0.15, 0.2) is 77.7 Å². The van der Waals surface area contributed by atoms with Gasteiger partial charge in [0.1, 0.15) is 18.3 Å². The fourth-order valence-corrected chi connectivity index (χ4v) is 5.57. The molecule has 0 unspecified atom stereocenters. The van der Waals surface area contributed by atoms with Crippen LogP contribution in [0.5, 0.6) is 5.75 Å². The number of halogens is 2. The molecule has 2 amide bonds. The summed E-state index contributed by atoms with van der Waals surface area (Å²) >= 11 is 12.2. The van der Waals surface area contributed by atoms with Crippen molar-refractivity contribution in [3.63, 3.8) is 0 Å². The van der Waals surface area contributed by atoms with E-state index in [1.165, 1.54) is 24.1 Å². The number of methoxy groups -OCH3 is 1. The quantitative estimate of drug-likeness (QED) is 0.354. The van der Waals surface area contributed by atoms with E-state index in [2.05, 4.69) is 5.32 Å². The number of hydrogen-bond donors (Lipinski definition) is 1. The molecule has 11 heteroatoms. The van der Waals surface area contributed by atoms with Crippen molar-refractivity contribution in [1.29, 1.82) is 0 Å². The summed E-state index contributed by atoms with van der Waals surface area (Å²) in [4.78, 5) is 27.9. The monoisotopic (exact) mass is 577 g/mol. The van der Waals surface area contributed by atoms with Gasteiger partial charge in [0.25, 0.3) is 10.0 Å². The minimum absolute atomic E-state index is 0.000821. The molecule has 0 saturated heterocycles. The molecule has 0 saturated carbocycles. The zero-order chi connectivity index (χ0) is 27.9. The van der Waals surface area contributed by atoms with E-state index < -0.39 is 28.5 Å². The van der Waals surface area contributed by atoms with Crippen LogP contribution in [0.4, 0.5) is 5.69 Å². The molecule has 0 heterocycles. The average Bonchev–Trinajstić information content (AvgIpc) is 2.92. The van der Waals surface area contributed by atoms with E-state index in [-0.39, 0.29) is 28.8 Å². The van der Waals surface area contributed by atoms with E-state index in [0.717, 1.165) is 4.31 Å². The van der Waals surface area contributed by atoms with Crippen molar-refractivity contribution in [1.82, 2.24) is 10.2 Å². The molecule has 1 atom stereocenters. The van der Waals surface area contributed by atoms with Crippen LogP contribution in [0.1, 0.15) is 19.4 Å². The summed E-state index contributed by atoms with van der Waals surface area (Å²) in [6, 6.07) is 18.3. The van der Waals surface area contributed by atoms with Crippen LogP contribution in [-0.4, -0.2) is 51.4 Å². The number of nitrogens with zero attached hydrogens (tertiary/aromatic N) is 2. The highest BCUT2D eigenvalue weighted by atomic mass is 35.5. The first-order chi connectivity index (χ1) is 18.1. The molecule has 3 rings (SSSR count). The van der Waals surface area contributed by atoms with Crippen molar-refractivity contribution in [2.45, 2.75) is 31.3 Å². The minimum Gasteiger partial charge on any atom is -0.495 e. The van der Waals surface area contributed by atoms with Crippen LogP contribution < -0.4 is 14.4 Å². The fraction of sp³-hybridized carbons (Fsp3) is 0.259. The summed E-state index contributed by atoms with van der Waals surface area (Å²) in [5, 5.41) is 3.36. The molecule has 0 aliphatic heterocycles. The lowest BCUT2D eigenvalue weighted by Gasteiger charge is -2.32. The SMILES string of the molecule is CCNC(=O)[C@@H](C)N(Cc1ccc(Cl)c(Cl)c1)C(=O)CN(c1ccccc1OC)S(=O)(=O)c1ccccc1. The smallest absolute Gasteiger partial charge is 0.264 e. The number of nitrogens with one attached hydrogen (secondary N) is 1. The molecule has 0 fully saturated rings. The van der Waals surface area contributed by atoms with Gasteiger partial charge in [0, 0.05) is 13.1 Å². The molecule has 0 bridgehead atoms. The topological polar surface area (TPSA) is 96.0 Å². The maximum absolute atomic E-state index is 13.9. The first kappa shape index (κ1) is 29.3. The van der Waals surface area contributed by atoms with Gasteiger partial charge in [0.05, 0.1) is 27.7 Å². The van der Waals surface area contributed by atoms with E-state index >= 15 is 0 Å². The van der Waals surface area contributed by atoms with Crippen LogP contribution in [0.2, 0.25) is 10.0 Å². The number of ether oxygens (including phenoxy) is 1. The number of carbonyl (C=O) groups excluding carboxylic acids is 2. The Hall–Kier alpha value is -3.27. The van der Waals surface area contributed by atoms with Crippen molar-refractivity contribution in [2.75, 3.05) is 24.5 Å². The Kier molecular flexibility index (Phi) is 10.0. The second kappa shape index (κ2) is 13.0. The molecule has 202 valence electrons. The third kappa shape index (κ3) is 6.78. The van der Waals surface area contributed by atoms with Crippen molar-refractivity contribution < 1.29 is 22.7 Å². The normalized spacial score (nSPS) is 11.9. The molecule has 0 aliphatic rings. The Morgan fingerprint density at radius 1 is 0.974 bits per heavy atom. The predicted molar refractivity (Wildman–Crippen MR) is 149 cm³/mol. The van der Waals surface area contributed by atoms with Crippen LogP contribution in [-0.2, 0) is 26.2 Å². The summed E-state index contributed by atoms with van der Waals surface area (Å²) < 4.78 is 34.0. The number of benzene rings is 3. The Balaban J connectivity index is 2.06. The molecule has 3 aromatic carbocycles. The zero-order valence-corrected chi connectivity index (χ0v) is 23.6. The summed E-state index contributed by atoms with van der Waals surface area (Å²) in [6.07, 6.45) is 0. The number of carbonyl (C=O) groups is 2. The molecule has 0 aromatic heterocycles. The van der Waals surface area contributed by atoms with E-state index in [1.807, 2.05) is 0 Å². The first-order valence-electron chi connectivity index (χ1n) is 11.8. The summed E-state index contributed by atoms with van der Waals surface area (Å²) in [5.41, 5.74) is 0.811. The number of sulfonamides is 1. The third-order valence-corrected chi connectivity index (χ3v) is 8.33. The zero-order valence-electron chi connectivity index (χ0n) is 21.2. The molecule has 0 spiro atoms. The maximum Gasteiger partial charge on any atom is 0.264 e. The van der Waals surface area contributed by atoms with Crippen molar-refractivity contribution in [3.05, 3.63) is 88.4 Å². The number of rotatable bonds is 11. The minimum atomic E-state index is -4.19. The van der Waals surface area contributed by atoms with Gasteiger partial charge in [0.2, 0.25) is 11.8 Å². The van der Waals surface area contributed by atoms with Gasteiger partial charge in [-0.1, -0.05) is 59.6 Å². The lowest BCUT2D eigenvalue weighted by Crippen LogP contribution is -2.51. The van der Waals surface area contributed by atoms with Gasteiger partial charge in [-0.3, -0.25) is 13.9 Å². The maximum atomic E-state index is 13.9. The molecule has 1 N–H and O–H groups in total. The Labute approximate surface area is 233 Å². The highest BCUT2D eigenvalue weighted by Crippen LogP contribution is 2.32. The predicted octanol–water partition coefficient (Wildman–Crippen LogP) is 4.75. The van der Waals surface area contributed by atoms with Crippen molar-refractivity contribution in [2.24, 2.45) is 0 Å². The fourth-order valence-electron chi connectivity index (χ4n) is 3.81. The molecule has 0 radical (unpaired) electrons. The van der Waals surface area contributed by atoms with Gasteiger partial charge < -0.3 is 15.0 Å². The second-order valence-electron chi connectivity index (χ2n) is 8.34. The standard InChI is InChI=1S/C27H29Cl2N3O5S/c1-4-30-27(34)19(2)31(17-20-14-15-22(28)23(29)16-20)26(33)18-32(24-12-8-9-13-25(24)37-3)38(35,36)21-10-6-5-7-11-21/h5-16,19H,4,17-18H2,1-3H3,(H,30,34)/t19-/m1/s1. The lowest BCUT2D eigenvalue weighted by atomic mass is 10.1. The number of para-hydroxylation sites is 2. The summed E-state index contributed by atoms with van der Waals surface area (Å²) in [5.74, 6) is -0.705. The van der Waals surface area contributed by atoms with Gasteiger partial charge in [-0.15, -0.1) is 0 Å². The number of hydrogen-bond acceptors (Lipinski definition) is 5. The molecule has 0 aliphatic carbocycles. The largest absolute Gasteiger partial charge is 0.495 e. The summed E-state index contributed by atoms with van der Waals surface area (Å²) in [6.45, 7) is 3.14. The van der Waals surface area contributed by atoms with Gasteiger partial charge >= 0.3 is 0 Å². The highest BCUT2D eigenvalue weighted by molar-refractivity contribution is 7.92. The molecule has 8 nitrogen and oxygen atoms in total. The van der Waals surface area contributed by atoms with E-state index in [0.29, 0.717) is 22.2 Å². The van der Waals surface area contributed by atoms with Crippen LogP contribution >= 0.6 is 23.2 Å². The van der Waals surface area contributed by atoms with Crippen molar-refractivity contribution >= 4 is 50.7 Å². The van der Waals surface area contributed by atoms with Gasteiger partial charge in [-0.2, -0.15) is 0 Å². The Bertz CT molecular complexity index is 1390. The van der Waals surface area contributed by atoms with Gasteiger partial charge in [0.15, 0.2) is 0 Å². The highest BCUT2D eigenvalue weighted by Gasteiger charge is 2.33. The van der Waals surface area contributed by atoms with E-state index in [9.17, 15) is 18.0 Å². The number of likely N-dealkylation sites (N-methyl/N-ethyl adjacent to an activating group) is 1.